The number of nitrogens with zero attached hydrogens (tertiary/aromatic N) is 3. The molecule has 1 atom stereocenters. The third-order valence-corrected chi connectivity index (χ3v) is 5.87. The fraction of sp³-hybridized carbons (Fsp3) is 0.667. The van der Waals surface area contributed by atoms with Gasteiger partial charge in [-0.15, -0.1) is 0 Å². The number of anilines is 1. The molecule has 4 rings (SSSR count). The SMILES string of the molecule is O=C1OC(CN2CCOCC2)CC12CCN(c1ccc(Cl)cn1)CC2. The minimum Gasteiger partial charge on any atom is -0.461 e. The van der Waals surface area contributed by atoms with Gasteiger partial charge in [0.1, 0.15) is 11.9 Å². The van der Waals surface area contributed by atoms with E-state index in [2.05, 4.69) is 14.8 Å². The summed E-state index contributed by atoms with van der Waals surface area (Å²) < 4.78 is 11.1. The van der Waals surface area contributed by atoms with Gasteiger partial charge in [-0.25, -0.2) is 4.98 Å². The minimum atomic E-state index is -0.306. The summed E-state index contributed by atoms with van der Waals surface area (Å²) in [4.78, 5) is 21.5. The van der Waals surface area contributed by atoms with Crippen LogP contribution in [0, 0.1) is 5.41 Å². The summed E-state index contributed by atoms with van der Waals surface area (Å²) in [5.74, 6) is 0.921. The average Bonchev–Trinajstić information content (AvgIpc) is 2.92. The van der Waals surface area contributed by atoms with Crippen molar-refractivity contribution in [3.05, 3.63) is 23.4 Å². The van der Waals surface area contributed by atoms with Gasteiger partial charge in [-0.05, 0) is 25.0 Å². The summed E-state index contributed by atoms with van der Waals surface area (Å²) >= 11 is 5.91. The molecule has 0 aliphatic carbocycles. The fourth-order valence-electron chi connectivity index (χ4n) is 4.14. The Morgan fingerprint density at radius 1 is 1.20 bits per heavy atom. The van der Waals surface area contributed by atoms with Crippen molar-refractivity contribution < 1.29 is 14.3 Å². The highest BCUT2D eigenvalue weighted by atomic mass is 35.5. The van der Waals surface area contributed by atoms with Gasteiger partial charge in [-0.3, -0.25) is 9.69 Å². The molecule has 0 bridgehead atoms. The maximum atomic E-state index is 12.6. The number of hydrogen-bond acceptors (Lipinski definition) is 6. The van der Waals surface area contributed by atoms with Crippen molar-refractivity contribution in [1.82, 2.24) is 9.88 Å². The number of piperidine rings is 1. The summed E-state index contributed by atoms with van der Waals surface area (Å²) in [6, 6.07) is 3.80. The van der Waals surface area contributed by atoms with Gasteiger partial charge >= 0.3 is 5.97 Å². The van der Waals surface area contributed by atoms with Gasteiger partial charge in [-0.1, -0.05) is 11.6 Å². The van der Waals surface area contributed by atoms with E-state index in [9.17, 15) is 4.79 Å². The van der Waals surface area contributed by atoms with E-state index >= 15 is 0 Å². The second-order valence-electron chi connectivity index (χ2n) is 7.25. The molecule has 0 saturated carbocycles. The molecule has 1 unspecified atom stereocenters. The van der Waals surface area contributed by atoms with Crippen LogP contribution in [0.2, 0.25) is 5.02 Å². The van der Waals surface area contributed by atoms with Crippen LogP contribution in [0.4, 0.5) is 5.82 Å². The Kier molecular flexibility index (Phi) is 4.84. The molecule has 0 radical (unpaired) electrons. The highest BCUT2D eigenvalue weighted by Gasteiger charge is 2.50. The topological polar surface area (TPSA) is 54.9 Å². The maximum Gasteiger partial charge on any atom is 0.312 e. The van der Waals surface area contributed by atoms with Crippen molar-refractivity contribution in [2.45, 2.75) is 25.4 Å². The number of aromatic nitrogens is 1. The third-order valence-electron chi connectivity index (χ3n) is 5.65. The zero-order valence-electron chi connectivity index (χ0n) is 14.3. The number of morpholine rings is 1. The molecule has 3 fully saturated rings. The van der Waals surface area contributed by atoms with Gasteiger partial charge < -0.3 is 14.4 Å². The smallest absolute Gasteiger partial charge is 0.312 e. The molecule has 1 aromatic rings. The van der Waals surface area contributed by atoms with Crippen molar-refractivity contribution >= 4 is 23.4 Å². The van der Waals surface area contributed by atoms with Crippen LogP contribution in [0.1, 0.15) is 19.3 Å². The van der Waals surface area contributed by atoms with Crippen LogP contribution in [-0.2, 0) is 14.3 Å². The van der Waals surface area contributed by atoms with Crippen LogP contribution in [-0.4, -0.2) is 67.9 Å². The zero-order chi connectivity index (χ0) is 17.3. The van der Waals surface area contributed by atoms with E-state index in [1.54, 1.807) is 6.20 Å². The number of cyclic esters (lactones) is 1. The summed E-state index contributed by atoms with van der Waals surface area (Å²) in [5.41, 5.74) is -0.306. The van der Waals surface area contributed by atoms with Gasteiger partial charge in [0.25, 0.3) is 0 Å². The molecule has 3 aliphatic heterocycles. The first-order chi connectivity index (χ1) is 12.1. The zero-order valence-corrected chi connectivity index (χ0v) is 15.1. The summed E-state index contributed by atoms with van der Waals surface area (Å²) in [6.45, 7) is 5.89. The number of esters is 1. The highest BCUT2D eigenvalue weighted by molar-refractivity contribution is 6.30. The number of carbonyl (C=O) groups is 1. The first-order valence-electron chi connectivity index (χ1n) is 9.02. The fourth-order valence-corrected chi connectivity index (χ4v) is 4.25. The minimum absolute atomic E-state index is 0.00512. The van der Waals surface area contributed by atoms with E-state index in [0.29, 0.717) is 5.02 Å². The van der Waals surface area contributed by atoms with Crippen molar-refractivity contribution in [2.75, 3.05) is 50.8 Å². The number of ether oxygens (including phenoxy) is 2. The molecule has 3 saturated heterocycles. The maximum absolute atomic E-state index is 12.6. The molecule has 1 aromatic heterocycles. The van der Waals surface area contributed by atoms with E-state index in [1.165, 1.54) is 0 Å². The number of pyridine rings is 1. The molecular weight excluding hydrogens is 342 g/mol. The lowest BCUT2D eigenvalue weighted by Gasteiger charge is -2.37. The van der Waals surface area contributed by atoms with Crippen molar-refractivity contribution in [2.24, 2.45) is 5.41 Å². The average molecular weight is 366 g/mol. The Hall–Kier alpha value is -1.37. The van der Waals surface area contributed by atoms with Crippen LogP contribution in [0.25, 0.3) is 0 Å². The molecule has 6 nitrogen and oxygen atoms in total. The number of carbonyl (C=O) groups excluding carboxylic acids is 1. The molecule has 3 aliphatic rings. The van der Waals surface area contributed by atoms with E-state index in [4.69, 9.17) is 21.1 Å². The number of hydrogen-bond donors (Lipinski definition) is 0. The highest BCUT2D eigenvalue weighted by Crippen LogP contribution is 2.43. The molecule has 0 aromatic carbocycles. The monoisotopic (exact) mass is 365 g/mol. The predicted octanol–water partition coefficient (Wildman–Crippen LogP) is 1.97. The molecule has 136 valence electrons. The van der Waals surface area contributed by atoms with Gasteiger partial charge in [0.2, 0.25) is 0 Å². The van der Waals surface area contributed by atoms with Gasteiger partial charge in [0, 0.05) is 45.3 Å². The molecule has 0 amide bonds. The summed E-state index contributed by atoms with van der Waals surface area (Å²) in [7, 11) is 0. The molecule has 25 heavy (non-hydrogen) atoms. The van der Waals surface area contributed by atoms with Crippen LogP contribution in [0.5, 0.6) is 0 Å². The Balaban J connectivity index is 1.35. The Bertz CT molecular complexity index is 610. The van der Waals surface area contributed by atoms with Crippen LogP contribution in [0.15, 0.2) is 18.3 Å². The molecule has 0 N–H and O–H groups in total. The lowest BCUT2D eigenvalue weighted by atomic mass is 9.76. The lowest BCUT2D eigenvalue weighted by Crippen LogP contribution is -2.43. The van der Waals surface area contributed by atoms with Gasteiger partial charge in [0.15, 0.2) is 0 Å². The summed E-state index contributed by atoms with van der Waals surface area (Å²) in [5, 5.41) is 0.641. The number of rotatable bonds is 3. The third kappa shape index (κ3) is 3.61. The normalized spacial score (nSPS) is 26.8. The van der Waals surface area contributed by atoms with Crippen LogP contribution < -0.4 is 4.90 Å². The van der Waals surface area contributed by atoms with Gasteiger partial charge in [0.05, 0.1) is 23.7 Å². The van der Waals surface area contributed by atoms with E-state index in [-0.39, 0.29) is 17.5 Å². The standard InChI is InChI=1S/C18H24ClN3O3/c19-14-1-2-16(20-12-14)22-5-3-18(4-6-22)11-15(25-17(18)23)13-21-7-9-24-10-8-21/h1-2,12,15H,3-11,13H2. The van der Waals surface area contributed by atoms with E-state index in [0.717, 1.165) is 71.0 Å². The van der Waals surface area contributed by atoms with Crippen LogP contribution >= 0.6 is 11.6 Å². The first kappa shape index (κ1) is 17.1. The quantitative estimate of drug-likeness (QED) is 0.763. The second-order valence-corrected chi connectivity index (χ2v) is 7.68. The largest absolute Gasteiger partial charge is 0.461 e. The first-order valence-corrected chi connectivity index (χ1v) is 9.40. The van der Waals surface area contributed by atoms with Gasteiger partial charge in [-0.2, -0.15) is 0 Å². The van der Waals surface area contributed by atoms with E-state index in [1.807, 2.05) is 12.1 Å². The summed E-state index contributed by atoms with van der Waals surface area (Å²) in [6.07, 6.45) is 4.19. The molecule has 4 heterocycles. The Labute approximate surface area is 153 Å². The van der Waals surface area contributed by atoms with Crippen molar-refractivity contribution in [1.29, 1.82) is 0 Å². The predicted molar refractivity (Wildman–Crippen MR) is 94.9 cm³/mol. The second kappa shape index (κ2) is 7.09. The van der Waals surface area contributed by atoms with Crippen molar-refractivity contribution in [3.63, 3.8) is 0 Å². The Morgan fingerprint density at radius 3 is 2.64 bits per heavy atom. The Morgan fingerprint density at radius 2 is 1.96 bits per heavy atom. The molecule has 7 heteroatoms. The number of halogens is 1. The molecular formula is C18H24ClN3O3. The van der Waals surface area contributed by atoms with Crippen LogP contribution in [0.3, 0.4) is 0 Å². The van der Waals surface area contributed by atoms with Crippen molar-refractivity contribution in [3.8, 4) is 0 Å². The molecule has 1 spiro atoms. The lowest BCUT2D eigenvalue weighted by molar-refractivity contribution is -0.150. The van der Waals surface area contributed by atoms with E-state index < -0.39 is 0 Å².